The third kappa shape index (κ3) is 6.66. The van der Waals surface area contributed by atoms with E-state index >= 15 is 0 Å². The van der Waals surface area contributed by atoms with Gasteiger partial charge in [-0.25, -0.2) is 0 Å². The van der Waals surface area contributed by atoms with Crippen LogP contribution in [0, 0.1) is 6.92 Å². The van der Waals surface area contributed by atoms with Gasteiger partial charge in [-0.1, -0.05) is 29.8 Å². The quantitative estimate of drug-likeness (QED) is 0.777. The molecule has 140 valence electrons. The second-order valence-corrected chi connectivity index (χ2v) is 6.00. The van der Waals surface area contributed by atoms with Crippen LogP contribution in [0.25, 0.3) is 0 Å². The standard InChI is InChI=1S/C19H21F3N2O2/c1-13-3-5-15(6-4-13)11-23-18(25)14(2)24-16-7-9-17(10-8-16)26-12-19(20,21)22/h3-10,14,24H,11-12H2,1-2H3,(H,23,25). The Kier molecular flexibility index (Phi) is 6.49. The van der Waals surface area contributed by atoms with E-state index < -0.39 is 18.8 Å². The number of benzene rings is 2. The summed E-state index contributed by atoms with van der Waals surface area (Å²) in [6.07, 6.45) is -4.37. The topological polar surface area (TPSA) is 50.4 Å². The largest absolute Gasteiger partial charge is 0.484 e. The van der Waals surface area contributed by atoms with Gasteiger partial charge in [0.25, 0.3) is 0 Å². The fraction of sp³-hybridized carbons (Fsp3) is 0.316. The van der Waals surface area contributed by atoms with Crippen molar-refractivity contribution in [3.05, 3.63) is 59.7 Å². The number of carbonyl (C=O) groups excluding carboxylic acids is 1. The summed E-state index contributed by atoms with van der Waals surface area (Å²) in [6.45, 7) is 2.79. The van der Waals surface area contributed by atoms with Crippen LogP contribution in [-0.4, -0.2) is 24.7 Å². The molecule has 0 saturated heterocycles. The first-order valence-corrected chi connectivity index (χ1v) is 8.12. The molecule has 1 unspecified atom stereocenters. The lowest BCUT2D eigenvalue weighted by Crippen LogP contribution is -2.37. The molecule has 2 aromatic carbocycles. The lowest BCUT2D eigenvalue weighted by molar-refractivity contribution is -0.153. The zero-order chi connectivity index (χ0) is 19.2. The van der Waals surface area contributed by atoms with Crippen molar-refractivity contribution >= 4 is 11.6 Å². The molecule has 4 nitrogen and oxygen atoms in total. The summed E-state index contributed by atoms with van der Waals surface area (Å²) in [5, 5.41) is 5.83. The average Bonchev–Trinajstić information content (AvgIpc) is 2.59. The highest BCUT2D eigenvalue weighted by Gasteiger charge is 2.28. The van der Waals surface area contributed by atoms with Crippen LogP contribution in [0.4, 0.5) is 18.9 Å². The van der Waals surface area contributed by atoms with Crippen LogP contribution in [0.5, 0.6) is 5.75 Å². The molecule has 2 N–H and O–H groups in total. The number of halogens is 3. The number of amides is 1. The molecule has 2 rings (SSSR count). The van der Waals surface area contributed by atoms with E-state index in [-0.39, 0.29) is 11.7 Å². The lowest BCUT2D eigenvalue weighted by Gasteiger charge is -2.16. The van der Waals surface area contributed by atoms with E-state index in [0.717, 1.165) is 11.1 Å². The van der Waals surface area contributed by atoms with E-state index in [4.69, 9.17) is 0 Å². The summed E-state index contributed by atoms with van der Waals surface area (Å²) in [5.41, 5.74) is 2.77. The number of ether oxygens (including phenoxy) is 1. The molecule has 1 atom stereocenters. The Morgan fingerprint density at radius 2 is 1.69 bits per heavy atom. The van der Waals surface area contributed by atoms with Gasteiger partial charge >= 0.3 is 6.18 Å². The second-order valence-electron chi connectivity index (χ2n) is 6.00. The maximum atomic E-state index is 12.1. The number of rotatable bonds is 7. The van der Waals surface area contributed by atoms with Gasteiger partial charge in [-0.2, -0.15) is 13.2 Å². The first-order valence-electron chi connectivity index (χ1n) is 8.12. The van der Waals surface area contributed by atoms with Gasteiger partial charge in [0.15, 0.2) is 6.61 Å². The molecule has 7 heteroatoms. The number of aryl methyl sites for hydroxylation is 1. The fourth-order valence-electron chi connectivity index (χ4n) is 2.18. The molecule has 26 heavy (non-hydrogen) atoms. The minimum absolute atomic E-state index is 0.115. The maximum Gasteiger partial charge on any atom is 0.422 e. The summed E-state index contributed by atoms with van der Waals surface area (Å²) in [4.78, 5) is 12.1. The Bertz CT molecular complexity index is 713. The van der Waals surface area contributed by atoms with Crippen LogP contribution in [0.3, 0.4) is 0 Å². The highest BCUT2D eigenvalue weighted by Crippen LogP contribution is 2.20. The van der Waals surface area contributed by atoms with Gasteiger partial charge in [-0.15, -0.1) is 0 Å². The van der Waals surface area contributed by atoms with E-state index in [9.17, 15) is 18.0 Å². The second kappa shape index (κ2) is 8.60. The molecule has 0 radical (unpaired) electrons. The average molecular weight is 366 g/mol. The predicted molar refractivity (Wildman–Crippen MR) is 94.1 cm³/mol. The Balaban J connectivity index is 1.81. The predicted octanol–water partition coefficient (Wildman–Crippen LogP) is 4.05. The minimum Gasteiger partial charge on any atom is -0.484 e. The van der Waals surface area contributed by atoms with Crippen molar-refractivity contribution in [3.8, 4) is 5.75 Å². The highest BCUT2D eigenvalue weighted by atomic mass is 19.4. The molecule has 0 bridgehead atoms. The molecule has 0 aliphatic carbocycles. The zero-order valence-corrected chi connectivity index (χ0v) is 14.6. The fourth-order valence-corrected chi connectivity index (χ4v) is 2.18. The van der Waals surface area contributed by atoms with Crippen molar-refractivity contribution in [1.29, 1.82) is 0 Å². The summed E-state index contributed by atoms with van der Waals surface area (Å²) in [6, 6.07) is 13.3. The van der Waals surface area contributed by atoms with Crippen molar-refractivity contribution in [2.24, 2.45) is 0 Å². The smallest absolute Gasteiger partial charge is 0.422 e. The van der Waals surface area contributed by atoms with Crippen LogP contribution < -0.4 is 15.4 Å². The molecule has 0 saturated carbocycles. The zero-order valence-electron chi connectivity index (χ0n) is 14.6. The number of hydrogen-bond acceptors (Lipinski definition) is 3. The first-order chi connectivity index (χ1) is 12.2. The normalized spacial score (nSPS) is 12.3. The number of hydrogen-bond donors (Lipinski definition) is 2. The monoisotopic (exact) mass is 366 g/mol. The number of nitrogens with one attached hydrogen (secondary N) is 2. The van der Waals surface area contributed by atoms with Crippen molar-refractivity contribution in [2.75, 3.05) is 11.9 Å². The van der Waals surface area contributed by atoms with E-state index in [1.807, 2.05) is 31.2 Å². The molecule has 0 aromatic heterocycles. The van der Waals surface area contributed by atoms with Crippen molar-refractivity contribution in [3.63, 3.8) is 0 Å². The summed E-state index contributed by atoms with van der Waals surface area (Å²) >= 11 is 0. The Labute approximate surface area is 150 Å². The Morgan fingerprint density at radius 3 is 2.27 bits per heavy atom. The van der Waals surface area contributed by atoms with Gasteiger partial charge in [-0.05, 0) is 43.7 Å². The number of anilines is 1. The van der Waals surface area contributed by atoms with E-state index in [0.29, 0.717) is 12.2 Å². The van der Waals surface area contributed by atoms with Gasteiger partial charge in [-0.3, -0.25) is 4.79 Å². The van der Waals surface area contributed by atoms with Crippen LogP contribution in [0.1, 0.15) is 18.1 Å². The third-order valence-electron chi connectivity index (χ3n) is 3.62. The molecule has 0 fully saturated rings. The Hall–Kier alpha value is -2.70. The van der Waals surface area contributed by atoms with Crippen molar-refractivity contribution in [2.45, 2.75) is 32.6 Å². The molecular formula is C19H21F3N2O2. The summed E-state index contributed by atoms with van der Waals surface area (Å²) in [7, 11) is 0. The molecule has 2 aromatic rings. The van der Waals surface area contributed by atoms with E-state index in [1.54, 1.807) is 19.1 Å². The van der Waals surface area contributed by atoms with Gasteiger partial charge in [0, 0.05) is 12.2 Å². The molecule has 0 heterocycles. The lowest BCUT2D eigenvalue weighted by atomic mass is 10.1. The maximum absolute atomic E-state index is 12.1. The van der Waals surface area contributed by atoms with Gasteiger partial charge in [0.2, 0.25) is 5.91 Å². The number of alkyl halides is 3. The third-order valence-corrected chi connectivity index (χ3v) is 3.62. The van der Waals surface area contributed by atoms with Gasteiger partial charge in [0.05, 0.1) is 0 Å². The van der Waals surface area contributed by atoms with E-state index in [2.05, 4.69) is 15.4 Å². The molecule has 1 amide bonds. The van der Waals surface area contributed by atoms with E-state index in [1.165, 1.54) is 12.1 Å². The summed E-state index contributed by atoms with van der Waals surface area (Å²) in [5.74, 6) is -0.0627. The highest BCUT2D eigenvalue weighted by molar-refractivity contribution is 5.84. The van der Waals surface area contributed by atoms with Crippen molar-refractivity contribution in [1.82, 2.24) is 5.32 Å². The molecule has 0 aliphatic rings. The van der Waals surface area contributed by atoms with Crippen molar-refractivity contribution < 1.29 is 22.7 Å². The van der Waals surface area contributed by atoms with Gasteiger partial charge < -0.3 is 15.4 Å². The number of carbonyl (C=O) groups is 1. The summed E-state index contributed by atoms with van der Waals surface area (Å²) < 4.78 is 41.0. The van der Waals surface area contributed by atoms with Gasteiger partial charge in [0.1, 0.15) is 11.8 Å². The molecular weight excluding hydrogens is 345 g/mol. The van der Waals surface area contributed by atoms with Crippen LogP contribution in [0.2, 0.25) is 0 Å². The first kappa shape index (κ1) is 19.6. The minimum atomic E-state index is -4.37. The SMILES string of the molecule is Cc1ccc(CNC(=O)C(C)Nc2ccc(OCC(F)(F)F)cc2)cc1. The molecule has 0 spiro atoms. The van der Waals surface area contributed by atoms with Crippen LogP contribution >= 0.6 is 0 Å². The van der Waals surface area contributed by atoms with Crippen LogP contribution in [-0.2, 0) is 11.3 Å². The Morgan fingerprint density at radius 1 is 1.08 bits per heavy atom. The van der Waals surface area contributed by atoms with Crippen LogP contribution in [0.15, 0.2) is 48.5 Å². The molecule has 0 aliphatic heterocycles.